The van der Waals surface area contributed by atoms with Crippen LogP contribution in [-0.4, -0.2) is 116 Å². The molecule has 8 unspecified atom stereocenters. The molecule has 84 heavy (non-hydrogen) atoms. The van der Waals surface area contributed by atoms with E-state index in [1.165, 1.54) is 212 Å². The minimum atomic E-state index is -1.81. The van der Waals surface area contributed by atoms with Crippen LogP contribution in [0, 0.1) is 17.8 Å². The first-order chi connectivity index (χ1) is 40.0. The maximum Gasteiger partial charge on any atom is 0.348 e. The first-order valence-corrected chi connectivity index (χ1v) is 47.1. The van der Waals surface area contributed by atoms with Crippen molar-refractivity contribution in [2.75, 3.05) is 39.3 Å². The number of unbranched alkanes of at least 4 members (excludes halogenated alkanes) is 28. The molecule has 0 radical (unpaired) electrons. The molecule has 0 aromatic heterocycles. The summed E-state index contributed by atoms with van der Waals surface area (Å²) in [4.78, 5) is 33.2. The molecule has 0 amide bonds. The van der Waals surface area contributed by atoms with Gasteiger partial charge in [-0.1, -0.05) is 254 Å². The molecule has 0 aliphatic carbocycles. The van der Waals surface area contributed by atoms with Crippen molar-refractivity contribution in [3.05, 3.63) is 0 Å². The van der Waals surface area contributed by atoms with Crippen LogP contribution >= 0.6 is 0 Å². The van der Waals surface area contributed by atoms with Crippen LogP contribution < -0.4 is 0 Å². The molecular weight excluding hydrogens is 1090 g/mol. The largest absolute Gasteiger partial charge is 0.447 e. The fraction of sp³-hybridized carbons (Fsp3) is 0.972. The molecule has 0 bridgehead atoms. The molecule has 1 rings (SSSR count). The van der Waals surface area contributed by atoms with Gasteiger partial charge in [0.25, 0.3) is 0 Å². The molecule has 8 atom stereocenters. The monoisotopic (exact) mass is 1240 g/mol. The maximum absolute atomic E-state index is 13.9. The summed E-state index contributed by atoms with van der Waals surface area (Å²) in [7, 11) is -5.37. The SMILES string of the molecule is CCCCCCCCCCC(C)CN(CCCC(C)C1OC(=O)C(C(C)CCCN(CC(CCCCCCCCCC)O[Si](C)(C)C)CC(CCCCCCCCCC)O[Si](C)(C)C)OC1=O)CC(CCCCCCCCCC)O[Si](C)(C)C. The van der Waals surface area contributed by atoms with Gasteiger partial charge in [-0.3, -0.25) is 4.90 Å². The summed E-state index contributed by atoms with van der Waals surface area (Å²) in [5.41, 5.74) is 0. The van der Waals surface area contributed by atoms with E-state index in [-0.39, 0.29) is 42.1 Å². The van der Waals surface area contributed by atoms with E-state index in [1.54, 1.807) is 0 Å². The first-order valence-electron chi connectivity index (χ1n) is 36.9. The molecule has 0 saturated carbocycles. The Morgan fingerprint density at radius 3 is 0.833 bits per heavy atom. The fourth-order valence-electron chi connectivity index (χ4n) is 12.9. The van der Waals surface area contributed by atoms with Crippen LogP contribution in [0.4, 0.5) is 0 Å². The van der Waals surface area contributed by atoms with Gasteiger partial charge < -0.3 is 27.7 Å². The van der Waals surface area contributed by atoms with Gasteiger partial charge in [0.15, 0.2) is 25.0 Å². The summed E-state index contributed by atoms with van der Waals surface area (Å²) >= 11 is 0. The van der Waals surface area contributed by atoms with E-state index >= 15 is 0 Å². The number of nitrogens with zero attached hydrogens (tertiary/aromatic N) is 2. The predicted octanol–water partition coefficient (Wildman–Crippen LogP) is 21.7. The van der Waals surface area contributed by atoms with Crippen molar-refractivity contribution in [1.82, 2.24) is 9.80 Å². The number of rotatable bonds is 60. The van der Waals surface area contributed by atoms with Crippen molar-refractivity contribution < 1.29 is 32.3 Å². The van der Waals surface area contributed by atoms with Gasteiger partial charge in [0, 0.05) is 38.0 Å². The van der Waals surface area contributed by atoms with Crippen LogP contribution in [0.5, 0.6) is 0 Å². The van der Waals surface area contributed by atoms with Gasteiger partial charge in [-0.25, -0.2) is 9.59 Å². The van der Waals surface area contributed by atoms with E-state index in [2.05, 4.69) is 117 Å². The second-order valence-corrected chi connectivity index (χ2v) is 43.6. The average molecular weight is 1240 g/mol. The van der Waals surface area contributed by atoms with Crippen LogP contribution in [0.2, 0.25) is 58.9 Å². The number of carbonyl (C=O) groups is 2. The van der Waals surface area contributed by atoms with Crippen LogP contribution in [0.3, 0.4) is 0 Å². The third kappa shape index (κ3) is 46.5. The number of esters is 2. The Morgan fingerprint density at radius 2 is 0.571 bits per heavy atom. The highest BCUT2D eigenvalue weighted by Crippen LogP contribution is 2.29. The maximum atomic E-state index is 13.9. The summed E-state index contributed by atoms with van der Waals surface area (Å²) in [5, 5.41) is 0. The van der Waals surface area contributed by atoms with Crippen molar-refractivity contribution >= 4 is 36.9 Å². The van der Waals surface area contributed by atoms with Crippen molar-refractivity contribution in [2.24, 2.45) is 17.8 Å². The van der Waals surface area contributed by atoms with Crippen molar-refractivity contribution in [1.29, 1.82) is 0 Å². The molecule has 0 aromatic rings. The summed E-state index contributed by atoms with van der Waals surface area (Å²) in [5.74, 6) is -0.392. The van der Waals surface area contributed by atoms with Crippen molar-refractivity contribution in [3.8, 4) is 0 Å². The summed E-state index contributed by atoms with van der Waals surface area (Å²) in [6.07, 6.45) is 49.4. The highest BCUT2D eigenvalue weighted by atomic mass is 28.4. The van der Waals surface area contributed by atoms with Crippen LogP contribution in [0.25, 0.3) is 0 Å². The lowest BCUT2D eigenvalue weighted by Crippen LogP contribution is -2.49. The van der Waals surface area contributed by atoms with Gasteiger partial charge in [0.2, 0.25) is 12.2 Å². The predicted molar refractivity (Wildman–Crippen MR) is 372 cm³/mol. The number of hydrogen-bond donors (Lipinski definition) is 0. The molecular formula is C72H148N2O7Si3. The van der Waals surface area contributed by atoms with E-state index in [0.29, 0.717) is 5.92 Å². The molecule has 0 spiro atoms. The molecule has 12 heteroatoms. The van der Waals surface area contributed by atoms with Crippen LogP contribution in [-0.2, 0) is 32.3 Å². The smallest absolute Gasteiger partial charge is 0.348 e. The zero-order valence-corrected chi connectivity index (χ0v) is 62.4. The average Bonchev–Trinajstić information content (AvgIpc) is 2.51. The number of hydrogen-bond acceptors (Lipinski definition) is 9. The Bertz CT molecular complexity index is 1500. The van der Waals surface area contributed by atoms with E-state index in [0.717, 1.165) is 84.2 Å². The summed E-state index contributed by atoms with van der Waals surface area (Å²) in [6.45, 7) is 42.5. The third-order valence-electron chi connectivity index (χ3n) is 17.5. The fourth-order valence-corrected chi connectivity index (χ4v) is 16.4. The molecule has 1 saturated heterocycles. The molecule has 0 aromatic carbocycles. The van der Waals surface area contributed by atoms with Crippen LogP contribution in [0.15, 0.2) is 0 Å². The first kappa shape index (κ1) is 81.4. The minimum absolute atomic E-state index is 0.122. The van der Waals surface area contributed by atoms with Gasteiger partial charge in [0.1, 0.15) is 0 Å². The van der Waals surface area contributed by atoms with E-state index in [4.69, 9.17) is 22.8 Å². The standard InChI is InChI=1S/C72H148N2O7Si3/c1-17-21-25-29-33-37-41-45-51-63(5)59-73(60-66(79-82(8,9)10)54-46-42-38-34-30-26-22-18-2)57-49-52-64(6)69-71(75)78-70(72(76)77-69)65(7)53-50-58-74(61-67(80-83(11,12)13)55-47-43-39-35-31-27-23-19-3)62-68(81-84(14,15)16)56-48-44-40-36-32-28-24-20-4/h63-70H,17-62H2,1-16H3. The second kappa shape index (κ2) is 50.1. The third-order valence-corrected chi connectivity index (χ3v) is 20.6. The van der Waals surface area contributed by atoms with Gasteiger partial charge in [-0.05, 0) is 129 Å². The molecule has 1 fully saturated rings. The van der Waals surface area contributed by atoms with Gasteiger partial charge in [0.05, 0.1) is 18.3 Å². The zero-order valence-electron chi connectivity index (χ0n) is 59.4. The zero-order chi connectivity index (χ0) is 62.5. The highest BCUT2D eigenvalue weighted by Gasteiger charge is 2.43. The lowest BCUT2D eigenvalue weighted by Gasteiger charge is -2.36. The van der Waals surface area contributed by atoms with E-state index in [1.807, 2.05) is 0 Å². The van der Waals surface area contributed by atoms with Gasteiger partial charge in [-0.2, -0.15) is 0 Å². The molecule has 1 aliphatic rings. The molecule has 0 N–H and O–H groups in total. The number of carbonyl (C=O) groups excluding carboxylic acids is 2. The number of ether oxygens (including phenoxy) is 2. The summed E-state index contributed by atoms with van der Waals surface area (Å²) in [6, 6.07) is 0. The highest BCUT2D eigenvalue weighted by molar-refractivity contribution is 6.70. The van der Waals surface area contributed by atoms with Gasteiger partial charge >= 0.3 is 11.9 Å². The second-order valence-electron chi connectivity index (χ2n) is 30.2. The molecule has 1 heterocycles. The Balaban J connectivity index is 3.12. The quantitative estimate of drug-likeness (QED) is 0.0336. The Kier molecular flexibility index (Phi) is 48.5. The van der Waals surface area contributed by atoms with Crippen molar-refractivity contribution in [3.63, 3.8) is 0 Å². The topological polar surface area (TPSA) is 86.8 Å². The van der Waals surface area contributed by atoms with Crippen molar-refractivity contribution in [2.45, 2.75) is 395 Å². The lowest BCUT2D eigenvalue weighted by molar-refractivity contribution is -0.202. The number of cyclic esters (lactones) is 2. The van der Waals surface area contributed by atoms with E-state index < -0.39 is 37.2 Å². The lowest BCUT2D eigenvalue weighted by atomic mass is 9.94. The van der Waals surface area contributed by atoms with Crippen LogP contribution in [0.1, 0.15) is 305 Å². The Labute approximate surface area is 528 Å². The summed E-state index contributed by atoms with van der Waals surface area (Å²) < 4.78 is 33.3. The Morgan fingerprint density at radius 1 is 0.333 bits per heavy atom. The Hall–Kier alpha value is -0.609. The normalized spacial score (nSPS) is 17.6. The molecule has 500 valence electrons. The van der Waals surface area contributed by atoms with Gasteiger partial charge in [-0.15, -0.1) is 0 Å². The minimum Gasteiger partial charge on any atom is -0.447 e. The van der Waals surface area contributed by atoms with E-state index in [9.17, 15) is 9.59 Å². The molecule has 1 aliphatic heterocycles. The molecule has 9 nitrogen and oxygen atoms in total.